The molecule has 1 aromatic rings. The van der Waals surface area contributed by atoms with Gasteiger partial charge in [-0.15, -0.1) is 0 Å². The minimum atomic E-state index is -0.895. The molecule has 0 amide bonds. The lowest BCUT2D eigenvalue weighted by molar-refractivity contribution is -0.142. The van der Waals surface area contributed by atoms with Crippen LogP contribution in [0.15, 0.2) is 53.8 Å². The van der Waals surface area contributed by atoms with Gasteiger partial charge in [0.1, 0.15) is 5.76 Å². The Hall–Kier alpha value is -1.98. The first kappa shape index (κ1) is 20.3. The van der Waals surface area contributed by atoms with Crippen molar-refractivity contribution in [1.29, 1.82) is 0 Å². The van der Waals surface area contributed by atoms with Crippen molar-refractivity contribution in [2.75, 3.05) is 13.7 Å². The fourth-order valence-electron chi connectivity index (χ4n) is 2.78. The summed E-state index contributed by atoms with van der Waals surface area (Å²) in [6.07, 6.45) is 2.13. The second-order valence-corrected chi connectivity index (χ2v) is 6.34. The molecule has 2 unspecified atom stereocenters. The molecule has 1 aromatic carbocycles. The van der Waals surface area contributed by atoms with Gasteiger partial charge < -0.3 is 14.2 Å². The number of rotatable bonds is 9. The average Bonchev–Trinajstić information content (AvgIpc) is 2.66. The lowest BCUT2D eigenvalue weighted by Crippen LogP contribution is -2.20. The Balaban J connectivity index is 1.82. The average molecular weight is 364 g/mol. The molecular formula is C21H26F2O3. The maximum absolute atomic E-state index is 14.2. The molecule has 0 N–H and O–H groups in total. The zero-order valence-corrected chi connectivity index (χ0v) is 15.6. The summed E-state index contributed by atoms with van der Waals surface area (Å²) >= 11 is 0. The summed E-state index contributed by atoms with van der Waals surface area (Å²) in [7, 11) is 1.35. The van der Waals surface area contributed by atoms with Gasteiger partial charge in [0.2, 0.25) is 0 Å². The van der Waals surface area contributed by atoms with E-state index in [9.17, 15) is 8.78 Å². The smallest absolute Gasteiger partial charge is 0.196 e. The summed E-state index contributed by atoms with van der Waals surface area (Å²) in [4.78, 5) is 0. The number of ether oxygens (including phenoxy) is 3. The van der Waals surface area contributed by atoms with Gasteiger partial charge in [0.25, 0.3) is 0 Å². The van der Waals surface area contributed by atoms with E-state index in [1.807, 2.05) is 31.2 Å². The van der Waals surface area contributed by atoms with E-state index in [2.05, 4.69) is 6.58 Å². The van der Waals surface area contributed by atoms with E-state index in [0.29, 0.717) is 25.0 Å². The van der Waals surface area contributed by atoms with Crippen molar-refractivity contribution < 1.29 is 23.0 Å². The molecule has 0 fully saturated rings. The van der Waals surface area contributed by atoms with Crippen LogP contribution in [0.25, 0.3) is 6.08 Å². The lowest BCUT2D eigenvalue weighted by atomic mass is 9.92. The van der Waals surface area contributed by atoms with Crippen LogP contribution in [-0.2, 0) is 20.8 Å². The van der Waals surface area contributed by atoms with E-state index in [4.69, 9.17) is 14.2 Å². The zero-order valence-electron chi connectivity index (χ0n) is 15.6. The predicted molar refractivity (Wildman–Crippen MR) is 98.4 cm³/mol. The van der Waals surface area contributed by atoms with Crippen LogP contribution in [0.4, 0.5) is 8.78 Å². The van der Waals surface area contributed by atoms with Crippen LogP contribution < -0.4 is 0 Å². The van der Waals surface area contributed by atoms with Crippen molar-refractivity contribution in [3.8, 4) is 0 Å². The predicted octanol–water partition coefficient (Wildman–Crippen LogP) is 5.69. The highest BCUT2D eigenvalue weighted by molar-refractivity contribution is 5.47. The Kier molecular flexibility index (Phi) is 7.54. The number of hydrogen-bond acceptors (Lipinski definition) is 3. The third kappa shape index (κ3) is 5.26. The standard InChI is InChI=1S/C21H26F2O3/c1-5-16-6-8-17(9-7-16)13-26-15(3)25-12-14(2)18-10-11-19(24-4)21(23)20(18)22/h5-9,14-15H,1,10-13H2,2-4H3. The highest BCUT2D eigenvalue weighted by atomic mass is 19.2. The first-order valence-electron chi connectivity index (χ1n) is 8.72. The summed E-state index contributed by atoms with van der Waals surface area (Å²) in [6.45, 7) is 8.00. The highest BCUT2D eigenvalue weighted by Crippen LogP contribution is 2.36. The first-order valence-corrected chi connectivity index (χ1v) is 8.72. The molecule has 5 heteroatoms. The molecule has 0 saturated heterocycles. The second kappa shape index (κ2) is 9.64. The van der Waals surface area contributed by atoms with Gasteiger partial charge in [-0.3, -0.25) is 0 Å². The third-order valence-corrected chi connectivity index (χ3v) is 4.46. The van der Waals surface area contributed by atoms with Crippen LogP contribution in [0.3, 0.4) is 0 Å². The quantitative estimate of drug-likeness (QED) is 0.527. The molecule has 0 spiro atoms. The Morgan fingerprint density at radius 1 is 1.08 bits per heavy atom. The van der Waals surface area contributed by atoms with Crippen LogP contribution in [0, 0.1) is 5.92 Å². The summed E-state index contributed by atoms with van der Waals surface area (Å²) in [6, 6.07) is 7.87. The normalized spacial score (nSPS) is 17.3. The maximum Gasteiger partial charge on any atom is 0.196 e. The molecule has 0 radical (unpaired) electrons. The largest absolute Gasteiger partial charge is 0.498 e. The summed E-state index contributed by atoms with van der Waals surface area (Å²) in [5.41, 5.74) is 2.50. The number of halogens is 2. The van der Waals surface area contributed by atoms with E-state index in [0.717, 1.165) is 11.1 Å². The molecule has 0 aromatic heterocycles. The fourth-order valence-corrected chi connectivity index (χ4v) is 2.78. The van der Waals surface area contributed by atoms with Gasteiger partial charge in [0, 0.05) is 12.3 Å². The van der Waals surface area contributed by atoms with Gasteiger partial charge in [-0.1, -0.05) is 43.8 Å². The second-order valence-electron chi connectivity index (χ2n) is 6.34. The van der Waals surface area contributed by atoms with Crippen LogP contribution >= 0.6 is 0 Å². The molecule has 26 heavy (non-hydrogen) atoms. The van der Waals surface area contributed by atoms with E-state index in [1.165, 1.54) is 7.11 Å². The van der Waals surface area contributed by atoms with Crippen LogP contribution in [0.2, 0.25) is 0 Å². The van der Waals surface area contributed by atoms with Crippen molar-refractivity contribution in [2.45, 2.75) is 39.6 Å². The van der Waals surface area contributed by atoms with Gasteiger partial charge in [-0.2, -0.15) is 0 Å². The van der Waals surface area contributed by atoms with E-state index in [-0.39, 0.29) is 18.3 Å². The van der Waals surface area contributed by atoms with Gasteiger partial charge in [-0.25, -0.2) is 8.78 Å². The van der Waals surface area contributed by atoms with Crippen LogP contribution in [0.1, 0.15) is 37.8 Å². The van der Waals surface area contributed by atoms with E-state index in [1.54, 1.807) is 13.0 Å². The van der Waals surface area contributed by atoms with Crippen LogP contribution in [-0.4, -0.2) is 20.0 Å². The Morgan fingerprint density at radius 2 is 1.77 bits per heavy atom. The highest BCUT2D eigenvalue weighted by Gasteiger charge is 2.26. The zero-order chi connectivity index (χ0) is 19.1. The number of methoxy groups -OCH3 is 1. The van der Waals surface area contributed by atoms with E-state index < -0.39 is 17.9 Å². The Bertz CT molecular complexity index is 677. The van der Waals surface area contributed by atoms with Gasteiger partial charge in [0.05, 0.1) is 20.3 Å². The van der Waals surface area contributed by atoms with Gasteiger partial charge in [0.15, 0.2) is 17.9 Å². The van der Waals surface area contributed by atoms with Crippen molar-refractivity contribution >= 4 is 6.08 Å². The SMILES string of the molecule is C=Cc1ccc(COC(C)OCC(C)C2=C(F)C(F)=C(OC)CC2)cc1. The molecule has 2 atom stereocenters. The molecule has 0 heterocycles. The van der Waals surface area contributed by atoms with Gasteiger partial charge in [-0.05, 0) is 30.0 Å². The molecular weight excluding hydrogens is 338 g/mol. The Morgan fingerprint density at radius 3 is 2.38 bits per heavy atom. The molecule has 0 bridgehead atoms. The maximum atomic E-state index is 14.2. The van der Waals surface area contributed by atoms with Crippen molar-refractivity contribution in [2.24, 2.45) is 5.92 Å². The third-order valence-electron chi connectivity index (χ3n) is 4.46. The molecule has 2 rings (SSSR count). The summed E-state index contributed by atoms with van der Waals surface area (Å²) in [5.74, 6) is -1.89. The summed E-state index contributed by atoms with van der Waals surface area (Å²) in [5, 5.41) is 0. The van der Waals surface area contributed by atoms with Crippen LogP contribution in [0.5, 0.6) is 0 Å². The van der Waals surface area contributed by atoms with Crippen molar-refractivity contribution in [3.05, 3.63) is 65.0 Å². The molecule has 1 aliphatic carbocycles. The molecule has 142 valence electrons. The fraction of sp³-hybridized carbons (Fsp3) is 0.429. The van der Waals surface area contributed by atoms with E-state index >= 15 is 0 Å². The monoisotopic (exact) mass is 364 g/mol. The molecule has 1 aliphatic rings. The number of benzene rings is 1. The molecule has 0 saturated carbocycles. The summed E-state index contributed by atoms with van der Waals surface area (Å²) < 4.78 is 44.2. The minimum Gasteiger partial charge on any atom is -0.498 e. The van der Waals surface area contributed by atoms with Crippen molar-refractivity contribution in [3.63, 3.8) is 0 Å². The Labute approximate surface area is 154 Å². The molecule has 3 nitrogen and oxygen atoms in total. The topological polar surface area (TPSA) is 27.7 Å². The number of allylic oxidation sites excluding steroid dienone is 3. The lowest BCUT2D eigenvalue weighted by Gasteiger charge is -2.23. The number of hydrogen-bond donors (Lipinski definition) is 0. The first-order chi connectivity index (χ1) is 12.5. The van der Waals surface area contributed by atoms with Crippen molar-refractivity contribution in [1.82, 2.24) is 0 Å². The molecule has 0 aliphatic heterocycles. The van der Waals surface area contributed by atoms with Gasteiger partial charge >= 0.3 is 0 Å². The minimum absolute atomic E-state index is 0.0681.